The number of ether oxygens (including phenoxy) is 1. The third kappa shape index (κ3) is 2.69. The number of hydrogen-bond donors (Lipinski definition) is 1. The second-order valence-corrected chi connectivity index (χ2v) is 7.82. The summed E-state index contributed by atoms with van der Waals surface area (Å²) in [6.07, 6.45) is -2.43. The highest BCUT2D eigenvalue weighted by Gasteiger charge is 2.44. The topological polar surface area (TPSA) is 24.5 Å². The molecule has 3 aliphatic heterocycles. The second-order valence-electron chi connectivity index (χ2n) is 7.82. The number of hydrogen-bond acceptors (Lipinski definition) is 3. The van der Waals surface area contributed by atoms with Gasteiger partial charge in [0.15, 0.2) is 0 Å². The maximum absolute atomic E-state index is 13.8. The molecule has 3 heterocycles. The van der Waals surface area contributed by atoms with Crippen molar-refractivity contribution in [1.82, 2.24) is 5.32 Å². The van der Waals surface area contributed by atoms with Crippen LogP contribution >= 0.6 is 0 Å². The van der Waals surface area contributed by atoms with Crippen LogP contribution in [0.3, 0.4) is 0 Å². The molecule has 0 aliphatic carbocycles. The minimum atomic E-state index is -4.43. The molecule has 0 spiro atoms. The highest BCUT2D eigenvalue weighted by atomic mass is 19.4. The molecule has 1 N–H and O–H groups in total. The average molecular weight is 388 g/mol. The molecule has 28 heavy (non-hydrogen) atoms. The van der Waals surface area contributed by atoms with Crippen LogP contribution in [0.1, 0.15) is 36.0 Å². The van der Waals surface area contributed by atoms with Crippen molar-refractivity contribution >= 4 is 5.69 Å². The monoisotopic (exact) mass is 388 g/mol. The Balaban J connectivity index is 1.64. The molecule has 2 atom stereocenters. The molecule has 6 heteroatoms. The summed E-state index contributed by atoms with van der Waals surface area (Å²) in [6.45, 7) is 4.98. The number of anilines is 1. The Morgan fingerprint density at radius 1 is 1.21 bits per heavy atom. The van der Waals surface area contributed by atoms with E-state index in [4.69, 9.17) is 4.74 Å². The molecular weight excluding hydrogens is 365 g/mol. The van der Waals surface area contributed by atoms with E-state index in [1.54, 1.807) is 19.1 Å². The smallest absolute Gasteiger partial charge is 0.417 e. The van der Waals surface area contributed by atoms with Gasteiger partial charge in [0.05, 0.1) is 12.2 Å². The molecule has 0 unspecified atom stereocenters. The lowest BCUT2D eigenvalue weighted by atomic mass is 9.86. The molecule has 0 bridgehead atoms. The highest BCUT2D eigenvalue weighted by molar-refractivity contribution is 5.79. The van der Waals surface area contributed by atoms with Crippen LogP contribution in [0.4, 0.5) is 18.9 Å². The molecule has 148 valence electrons. The van der Waals surface area contributed by atoms with Crippen LogP contribution in [0.25, 0.3) is 11.1 Å². The summed E-state index contributed by atoms with van der Waals surface area (Å²) in [5.41, 5.74) is 3.95. The van der Waals surface area contributed by atoms with Crippen molar-refractivity contribution in [2.45, 2.75) is 37.9 Å². The van der Waals surface area contributed by atoms with Crippen LogP contribution in [0.5, 0.6) is 5.75 Å². The zero-order chi connectivity index (χ0) is 19.5. The normalized spacial score (nSPS) is 22.9. The Morgan fingerprint density at radius 3 is 2.86 bits per heavy atom. The summed E-state index contributed by atoms with van der Waals surface area (Å²) in [4.78, 5) is 2.49. The molecule has 0 radical (unpaired) electrons. The summed E-state index contributed by atoms with van der Waals surface area (Å²) in [6, 6.07) is 8.77. The molecule has 0 amide bonds. The predicted octanol–water partition coefficient (Wildman–Crippen LogP) is 4.59. The van der Waals surface area contributed by atoms with E-state index in [2.05, 4.69) is 10.2 Å². The third-order valence-corrected chi connectivity index (χ3v) is 6.29. The van der Waals surface area contributed by atoms with Gasteiger partial charge in [-0.1, -0.05) is 6.07 Å². The van der Waals surface area contributed by atoms with Crippen LogP contribution in [0.15, 0.2) is 30.3 Å². The van der Waals surface area contributed by atoms with Gasteiger partial charge in [0.1, 0.15) is 5.75 Å². The van der Waals surface area contributed by atoms with Gasteiger partial charge in [-0.05, 0) is 72.8 Å². The fourth-order valence-corrected chi connectivity index (χ4v) is 5.18. The van der Waals surface area contributed by atoms with Crippen molar-refractivity contribution in [1.29, 1.82) is 0 Å². The van der Waals surface area contributed by atoms with Gasteiger partial charge in [-0.15, -0.1) is 0 Å². The van der Waals surface area contributed by atoms with Crippen LogP contribution in [-0.4, -0.2) is 32.3 Å². The molecule has 3 nitrogen and oxygen atoms in total. The fraction of sp³-hybridized carbons (Fsp3) is 0.455. The molecule has 2 aromatic rings. The Kier molecular flexibility index (Phi) is 4.09. The van der Waals surface area contributed by atoms with Gasteiger partial charge in [0.25, 0.3) is 0 Å². The van der Waals surface area contributed by atoms with E-state index in [9.17, 15) is 13.2 Å². The van der Waals surface area contributed by atoms with Crippen molar-refractivity contribution in [3.8, 4) is 16.9 Å². The Labute approximate surface area is 162 Å². The molecule has 3 aliphatic rings. The number of nitrogens with one attached hydrogen (secondary N) is 1. The van der Waals surface area contributed by atoms with Crippen LogP contribution in [-0.2, 0) is 12.6 Å². The summed E-state index contributed by atoms with van der Waals surface area (Å²) >= 11 is 0. The van der Waals surface area contributed by atoms with Gasteiger partial charge in [-0.3, -0.25) is 0 Å². The highest BCUT2D eigenvalue weighted by Crippen LogP contribution is 2.50. The molecule has 1 fully saturated rings. The zero-order valence-electron chi connectivity index (χ0n) is 15.8. The van der Waals surface area contributed by atoms with E-state index in [1.165, 1.54) is 16.8 Å². The van der Waals surface area contributed by atoms with Crippen molar-refractivity contribution in [2.75, 3.05) is 31.1 Å². The van der Waals surface area contributed by atoms with Gasteiger partial charge in [-0.25, -0.2) is 0 Å². The number of piperidine rings is 1. The number of benzene rings is 2. The average Bonchev–Trinajstić information content (AvgIpc) is 3.24. The van der Waals surface area contributed by atoms with Crippen LogP contribution < -0.4 is 15.0 Å². The first-order valence-corrected chi connectivity index (χ1v) is 9.96. The maximum Gasteiger partial charge on any atom is 0.417 e. The Bertz CT molecular complexity index is 925. The number of rotatable bonds is 3. The molecule has 2 aromatic carbocycles. The molecule has 0 saturated carbocycles. The minimum Gasteiger partial charge on any atom is -0.494 e. The summed E-state index contributed by atoms with van der Waals surface area (Å²) in [5, 5.41) is 3.45. The van der Waals surface area contributed by atoms with Gasteiger partial charge < -0.3 is 15.0 Å². The number of fused-ring (bicyclic) bond motifs is 3. The lowest BCUT2D eigenvalue weighted by Gasteiger charge is -2.32. The Morgan fingerprint density at radius 2 is 2.07 bits per heavy atom. The first-order valence-electron chi connectivity index (χ1n) is 9.96. The van der Waals surface area contributed by atoms with Gasteiger partial charge >= 0.3 is 6.18 Å². The third-order valence-electron chi connectivity index (χ3n) is 6.29. The lowest BCUT2D eigenvalue weighted by molar-refractivity contribution is -0.137. The van der Waals surface area contributed by atoms with E-state index >= 15 is 0 Å². The minimum absolute atomic E-state index is 0.237. The van der Waals surface area contributed by atoms with Crippen LogP contribution in [0, 0.1) is 0 Å². The Hall–Kier alpha value is -2.21. The van der Waals surface area contributed by atoms with Crippen molar-refractivity contribution < 1.29 is 17.9 Å². The van der Waals surface area contributed by atoms with Gasteiger partial charge in [0.2, 0.25) is 0 Å². The summed E-state index contributed by atoms with van der Waals surface area (Å²) < 4.78 is 46.8. The van der Waals surface area contributed by atoms with E-state index in [0.717, 1.165) is 38.5 Å². The SMILES string of the molecule is CCOc1ccc(-c2cc3c4c(c2)[C@@H]2CNCC[C@@H]2N4CC3)c(C(F)(F)F)c1. The standard InChI is InChI=1S/C22H23F3N2O/c1-2-28-15-3-4-16(19(11-15)22(23,24)25)14-9-13-6-8-27-20-5-7-26-12-18(20)17(10-14)21(13)27/h3-4,9-11,18,20,26H,2,5-8,12H2,1H3/t18-,20-/m0/s1. The zero-order valence-corrected chi connectivity index (χ0v) is 15.8. The summed E-state index contributed by atoms with van der Waals surface area (Å²) in [7, 11) is 0. The number of halogens is 3. The fourth-order valence-electron chi connectivity index (χ4n) is 5.18. The van der Waals surface area contributed by atoms with Gasteiger partial charge in [0, 0.05) is 30.7 Å². The quantitative estimate of drug-likeness (QED) is 0.832. The molecule has 5 rings (SSSR count). The number of alkyl halides is 3. The van der Waals surface area contributed by atoms with Crippen molar-refractivity contribution in [3.63, 3.8) is 0 Å². The first kappa shape index (κ1) is 17.9. The van der Waals surface area contributed by atoms with E-state index in [1.807, 2.05) is 12.1 Å². The molecule has 0 aromatic heterocycles. The van der Waals surface area contributed by atoms with Crippen molar-refractivity contribution in [3.05, 3.63) is 47.0 Å². The second kappa shape index (κ2) is 6.41. The predicted molar refractivity (Wildman–Crippen MR) is 103 cm³/mol. The largest absolute Gasteiger partial charge is 0.494 e. The lowest BCUT2D eigenvalue weighted by Crippen LogP contribution is -2.43. The van der Waals surface area contributed by atoms with E-state index < -0.39 is 11.7 Å². The van der Waals surface area contributed by atoms with Gasteiger partial charge in [-0.2, -0.15) is 13.2 Å². The van der Waals surface area contributed by atoms with Crippen molar-refractivity contribution in [2.24, 2.45) is 0 Å². The first-order chi connectivity index (χ1) is 13.5. The number of nitrogens with zero attached hydrogens (tertiary/aromatic N) is 1. The summed E-state index contributed by atoms with van der Waals surface area (Å²) in [5.74, 6) is 0.617. The maximum atomic E-state index is 13.8. The van der Waals surface area contributed by atoms with E-state index in [-0.39, 0.29) is 11.3 Å². The van der Waals surface area contributed by atoms with Crippen LogP contribution in [0.2, 0.25) is 0 Å². The molecule has 1 saturated heterocycles. The molecular formula is C22H23F3N2O. The van der Waals surface area contributed by atoms with E-state index in [0.29, 0.717) is 24.1 Å².